The van der Waals surface area contributed by atoms with E-state index in [1.807, 2.05) is 20.0 Å². The van der Waals surface area contributed by atoms with E-state index in [2.05, 4.69) is 18.3 Å². The van der Waals surface area contributed by atoms with Crippen LogP contribution in [0.15, 0.2) is 47.3 Å². The number of nitrogens with zero attached hydrogens (tertiary/aromatic N) is 2. The second kappa shape index (κ2) is 17.4. The molecule has 1 atom stereocenters. The number of allylic oxidation sites excluding steroid dienone is 2. The van der Waals surface area contributed by atoms with Gasteiger partial charge in [-0.3, -0.25) is 19.1 Å². The van der Waals surface area contributed by atoms with Gasteiger partial charge in [0.05, 0.1) is 18.0 Å². The summed E-state index contributed by atoms with van der Waals surface area (Å²) in [6.07, 6.45) is 19.5. The minimum Gasteiger partial charge on any atom is -0.481 e. The number of aromatic nitrogens is 2. The molecular formula is C31H47N3O4. The summed E-state index contributed by atoms with van der Waals surface area (Å²) in [5.41, 5.74) is 1.98. The average Bonchev–Trinajstić information content (AvgIpc) is 3.14. The van der Waals surface area contributed by atoms with Gasteiger partial charge in [-0.25, -0.2) is 4.68 Å². The third-order valence-electron chi connectivity index (χ3n) is 7.08. The van der Waals surface area contributed by atoms with E-state index in [1.165, 1.54) is 64.2 Å². The number of carboxylic acids is 1. The van der Waals surface area contributed by atoms with Gasteiger partial charge in [0.2, 0.25) is 5.91 Å². The Morgan fingerprint density at radius 2 is 1.50 bits per heavy atom. The number of hydrogen-bond donors (Lipinski definition) is 2. The minimum atomic E-state index is -0.988. The Balaban J connectivity index is 1.73. The molecule has 210 valence electrons. The number of benzene rings is 1. The molecule has 0 radical (unpaired) electrons. The lowest BCUT2D eigenvalue weighted by Gasteiger charge is -2.14. The molecule has 2 N–H and O–H groups in total. The van der Waals surface area contributed by atoms with Gasteiger partial charge in [0.1, 0.15) is 0 Å². The maximum atomic E-state index is 12.8. The van der Waals surface area contributed by atoms with Crippen molar-refractivity contribution in [1.82, 2.24) is 9.36 Å². The Kier molecular flexibility index (Phi) is 14.3. The summed E-state index contributed by atoms with van der Waals surface area (Å²) in [7, 11) is 1.81. The van der Waals surface area contributed by atoms with E-state index < -0.39 is 11.9 Å². The fourth-order valence-corrected chi connectivity index (χ4v) is 4.67. The van der Waals surface area contributed by atoms with Crippen molar-refractivity contribution < 1.29 is 14.7 Å². The number of carbonyl (C=O) groups is 2. The second-order valence-corrected chi connectivity index (χ2v) is 10.3. The lowest BCUT2D eigenvalue weighted by molar-refractivity contribution is -0.140. The van der Waals surface area contributed by atoms with Crippen LogP contribution in [0.25, 0.3) is 5.69 Å². The summed E-state index contributed by atoms with van der Waals surface area (Å²) in [6.45, 7) is 4.11. The molecule has 7 nitrogen and oxygen atoms in total. The molecule has 7 heteroatoms. The van der Waals surface area contributed by atoms with Crippen LogP contribution < -0.4 is 10.9 Å². The number of rotatable bonds is 19. The molecule has 0 spiro atoms. The number of aryl methyl sites for hydroxylation is 1. The van der Waals surface area contributed by atoms with Gasteiger partial charge < -0.3 is 10.4 Å². The van der Waals surface area contributed by atoms with Crippen molar-refractivity contribution in [3.05, 3.63) is 58.5 Å². The number of carbonyl (C=O) groups excluding carboxylic acids is 1. The normalized spacial score (nSPS) is 12.2. The summed E-state index contributed by atoms with van der Waals surface area (Å²) in [5.74, 6) is -1.94. The van der Waals surface area contributed by atoms with Gasteiger partial charge in [-0.1, -0.05) is 83.3 Å². The number of aliphatic carboxylic acids is 1. The topological polar surface area (TPSA) is 93.3 Å². The molecule has 0 bridgehead atoms. The third kappa shape index (κ3) is 11.1. The molecule has 1 amide bonds. The van der Waals surface area contributed by atoms with Gasteiger partial charge in [-0.2, -0.15) is 0 Å². The van der Waals surface area contributed by atoms with Gasteiger partial charge >= 0.3 is 5.97 Å². The van der Waals surface area contributed by atoms with Crippen molar-refractivity contribution in [3.8, 4) is 5.69 Å². The van der Waals surface area contributed by atoms with Crippen LogP contribution in [0.2, 0.25) is 0 Å². The Morgan fingerprint density at radius 3 is 2.03 bits per heavy atom. The molecule has 0 aliphatic rings. The van der Waals surface area contributed by atoms with Gasteiger partial charge in [-0.15, -0.1) is 0 Å². The Labute approximate surface area is 227 Å². The standard InChI is InChI=1S/C31H47N3O4/c1-4-5-6-7-8-9-10-11-12-13-14-15-16-17-18-26(24-30(36)37)31(38)32-27-19-21-28(22-20-27)34-29(35)23-25(2)33(34)3/h16-17,19-23,26H,4-15,18,24H2,1-3H3,(H,32,38)(H,36,37). The van der Waals surface area contributed by atoms with Gasteiger partial charge in [0.25, 0.3) is 5.56 Å². The highest BCUT2D eigenvalue weighted by Gasteiger charge is 2.20. The summed E-state index contributed by atoms with van der Waals surface area (Å²) < 4.78 is 3.32. The molecule has 1 unspecified atom stereocenters. The summed E-state index contributed by atoms with van der Waals surface area (Å²) in [4.78, 5) is 36.4. The summed E-state index contributed by atoms with van der Waals surface area (Å²) in [6, 6.07) is 8.54. The van der Waals surface area contributed by atoms with Crippen LogP contribution in [0.1, 0.15) is 103 Å². The van der Waals surface area contributed by atoms with Crippen molar-refractivity contribution in [2.45, 2.75) is 104 Å². The second-order valence-electron chi connectivity index (χ2n) is 10.3. The largest absolute Gasteiger partial charge is 0.481 e. The quantitative estimate of drug-likeness (QED) is 0.150. The first-order valence-electron chi connectivity index (χ1n) is 14.4. The zero-order valence-electron chi connectivity index (χ0n) is 23.6. The molecule has 0 saturated carbocycles. The Hall–Kier alpha value is -3.09. The van der Waals surface area contributed by atoms with Gasteiger partial charge in [0.15, 0.2) is 0 Å². The smallest absolute Gasteiger partial charge is 0.304 e. The van der Waals surface area contributed by atoms with Crippen molar-refractivity contribution in [3.63, 3.8) is 0 Å². The Morgan fingerprint density at radius 1 is 0.921 bits per heavy atom. The number of hydrogen-bond acceptors (Lipinski definition) is 3. The van der Waals surface area contributed by atoms with E-state index in [0.29, 0.717) is 17.8 Å². The molecule has 0 saturated heterocycles. The van der Waals surface area contributed by atoms with Crippen LogP contribution in [-0.2, 0) is 16.6 Å². The maximum Gasteiger partial charge on any atom is 0.304 e. The van der Waals surface area contributed by atoms with Crippen molar-refractivity contribution in [2.24, 2.45) is 13.0 Å². The molecule has 38 heavy (non-hydrogen) atoms. The van der Waals surface area contributed by atoms with Crippen LogP contribution >= 0.6 is 0 Å². The molecular weight excluding hydrogens is 478 g/mol. The zero-order chi connectivity index (χ0) is 27.8. The number of anilines is 1. The van der Waals surface area contributed by atoms with Crippen LogP contribution in [-0.4, -0.2) is 26.3 Å². The van der Waals surface area contributed by atoms with Crippen LogP contribution in [0.3, 0.4) is 0 Å². The lowest BCUT2D eigenvalue weighted by Crippen LogP contribution is -2.25. The maximum absolute atomic E-state index is 12.8. The SMILES string of the molecule is CCCCCCCCCCCCCC=CCC(CC(=O)O)C(=O)Nc1ccc(-n2c(=O)cc(C)n2C)cc1. The number of nitrogens with one attached hydrogen (secondary N) is 1. The van der Waals surface area contributed by atoms with Gasteiger partial charge in [0, 0.05) is 24.5 Å². The molecule has 1 heterocycles. The third-order valence-corrected chi connectivity index (χ3v) is 7.08. The highest BCUT2D eigenvalue weighted by atomic mass is 16.4. The summed E-state index contributed by atoms with van der Waals surface area (Å²) in [5, 5.41) is 12.1. The van der Waals surface area contributed by atoms with Crippen LogP contribution in [0.5, 0.6) is 0 Å². The highest BCUT2D eigenvalue weighted by Crippen LogP contribution is 2.18. The average molecular weight is 526 g/mol. The van der Waals surface area contributed by atoms with E-state index >= 15 is 0 Å². The summed E-state index contributed by atoms with van der Waals surface area (Å²) >= 11 is 0. The van der Waals surface area contributed by atoms with Crippen molar-refractivity contribution in [2.75, 3.05) is 5.32 Å². The molecule has 1 aromatic heterocycles. The predicted molar refractivity (Wildman–Crippen MR) is 155 cm³/mol. The molecule has 0 aliphatic carbocycles. The number of unbranched alkanes of at least 4 members (excludes halogenated alkanes) is 11. The molecule has 0 aliphatic heterocycles. The van der Waals surface area contributed by atoms with Crippen LogP contribution in [0.4, 0.5) is 5.69 Å². The number of amides is 1. The first kappa shape index (κ1) is 31.1. The van der Waals surface area contributed by atoms with E-state index in [-0.39, 0.29) is 17.9 Å². The number of carboxylic acid groups (broad SMARTS) is 1. The molecule has 2 aromatic rings. The van der Waals surface area contributed by atoms with E-state index in [1.54, 1.807) is 39.7 Å². The monoisotopic (exact) mass is 525 g/mol. The highest BCUT2D eigenvalue weighted by molar-refractivity contribution is 5.94. The molecule has 1 aromatic carbocycles. The zero-order valence-corrected chi connectivity index (χ0v) is 23.6. The van der Waals surface area contributed by atoms with E-state index in [4.69, 9.17) is 0 Å². The fourth-order valence-electron chi connectivity index (χ4n) is 4.67. The van der Waals surface area contributed by atoms with E-state index in [0.717, 1.165) is 18.5 Å². The van der Waals surface area contributed by atoms with Crippen molar-refractivity contribution >= 4 is 17.6 Å². The predicted octanol–water partition coefficient (Wildman–Crippen LogP) is 7.16. The van der Waals surface area contributed by atoms with Gasteiger partial charge in [-0.05, 0) is 50.5 Å². The minimum absolute atomic E-state index is 0.122. The van der Waals surface area contributed by atoms with Crippen molar-refractivity contribution in [1.29, 1.82) is 0 Å². The first-order valence-corrected chi connectivity index (χ1v) is 14.4. The lowest BCUT2D eigenvalue weighted by atomic mass is 9.99. The van der Waals surface area contributed by atoms with E-state index in [9.17, 15) is 19.5 Å². The fraction of sp³-hybridized carbons (Fsp3) is 0.581. The first-order chi connectivity index (χ1) is 18.3. The Bertz CT molecular complexity index is 1070. The van der Waals surface area contributed by atoms with Crippen LogP contribution in [0, 0.1) is 12.8 Å². The molecule has 0 fully saturated rings. The molecule has 2 rings (SSSR count).